The van der Waals surface area contributed by atoms with Crippen molar-refractivity contribution < 1.29 is 13.9 Å². The van der Waals surface area contributed by atoms with E-state index < -0.39 is 6.04 Å². The number of H-pyrrole nitrogens is 1. The van der Waals surface area contributed by atoms with Gasteiger partial charge in [-0.2, -0.15) is 0 Å². The van der Waals surface area contributed by atoms with E-state index in [1.54, 1.807) is 6.26 Å². The van der Waals surface area contributed by atoms with Crippen molar-refractivity contribution >= 4 is 10.9 Å². The first-order valence-corrected chi connectivity index (χ1v) is 14.1. The van der Waals surface area contributed by atoms with Crippen molar-refractivity contribution in [2.45, 2.75) is 76.6 Å². The van der Waals surface area contributed by atoms with E-state index in [0.29, 0.717) is 31.1 Å². The zero-order valence-corrected chi connectivity index (χ0v) is 22.4. The topological polar surface area (TPSA) is 111 Å². The van der Waals surface area contributed by atoms with Crippen LogP contribution in [-0.4, -0.2) is 56.0 Å². The van der Waals surface area contributed by atoms with Crippen molar-refractivity contribution in [3.8, 4) is 5.75 Å². The van der Waals surface area contributed by atoms with Crippen molar-refractivity contribution in [3.05, 3.63) is 70.2 Å². The fourth-order valence-corrected chi connectivity index (χ4v) is 6.04. The van der Waals surface area contributed by atoms with Crippen molar-refractivity contribution in [1.82, 2.24) is 30.1 Å². The molecule has 4 aromatic rings. The molecule has 10 nitrogen and oxygen atoms in total. The molecular formula is C29H36N6O4. The van der Waals surface area contributed by atoms with E-state index in [0.717, 1.165) is 67.5 Å². The first-order valence-electron chi connectivity index (χ1n) is 14.1. The predicted molar refractivity (Wildman–Crippen MR) is 146 cm³/mol. The maximum Gasteiger partial charge on any atom is 0.253 e. The molecule has 0 amide bonds. The highest BCUT2D eigenvalue weighted by Crippen LogP contribution is 2.35. The average molecular weight is 533 g/mol. The number of aromatic nitrogens is 5. The summed E-state index contributed by atoms with van der Waals surface area (Å²) in [5, 5.41) is 14.1. The van der Waals surface area contributed by atoms with Crippen LogP contribution >= 0.6 is 0 Å². The molecule has 0 unspecified atom stereocenters. The Hall–Kier alpha value is -3.50. The normalized spacial score (nSPS) is 19.2. The van der Waals surface area contributed by atoms with E-state index in [9.17, 15) is 4.79 Å². The summed E-state index contributed by atoms with van der Waals surface area (Å²) in [5.74, 6) is 2.25. The molecule has 6 rings (SSSR count). The van der Waals surface area contributed by atoms with Crippen LogP contribution in [-0.2, 0) is 11.3 Å². The molecule has 0 spiro atoms. The Morgan fingerprint density at radius 1 is 1.15 bits per heavy atom. The van der Waals surface area contributed by atoms with Gasteiger partial charge in [-0.1, -0.05) is 19.3 Å². The zero-order valence-electron chi connectivity index (χ0n) is 22.4. The fraction of sp³-hybridized carbons (Fsp3) is 0.517. The Bertz CT molecular complexity index is 1420. The highest BCUT2D eigenvalue weighted by Gasteiger charge is 2.35. The fourth-order valence-electron chi connectivity index (χ4n) is 6.04. The van der Waals surface area contributed by atoms with Gasteiger partial charge in [0.1, 0.15) is 17.6 Å². The molecule has 1 N–H and O–H groups in total. The Morgan fingerprint density at radius 3 is 2.82 bits per heavy atom. The number of ether oxygens (including phenoxy) is 2. The van der Waals surface area contributed by atoms with E-state index in [1.807, 2.05) is 48.0 Å². The molecule has 1 aromatic carbocycles. The molecule has 2 atom stereocenters. The number of benzene rings is 1. The smallest absolute Gasteiger partial charge is 0.253 e. The summed E-state index contributed by atoms with van der Waals surface area (Å²) in [6, 6.07) is 11.3. The van der Waals surface area contributed by atoms with Crippen molar-refractivity contribution in [2.24, 2.45) is 0 Å². The van der Waals surface area contributed by atoms with Crippen LogP contribution in [0.3, 0.4) is 0 Å². The largest absolute Gasteiger partial charge is 0.494 e. The zero-order chi connectivity index (χ0) is 26.6. The second-order valence-corrected chi connectivity index (χ2v) is 10.6. The standard InChI is InChI=1S/C29H36N6O4/c1-2-37-22-12-13-26-20(16-22)17-25(29(36)30-26)27(28-31-32-33-35(28)21-8-4-3-5-9-21)34(18-23-10-6-14-38-23)19-24-11-7-15-39-24/h6,10,12-14,16-17,21,24,27H,2-5,7-9,11,15,18-19H2,1H3,(H,30,36)/t24-,27-/m1/s1. The summed E-state index contributed by atoms with van der Waals surface area (Å²) in [7, 11) is 0. The molecule has 1 aliphatic heterocycles. The van der Waals surface area contributed by atoms with E-state index >= 15 is 0 Å². The lowest BCUT2D eigenvalue weighted by atomic mass is 9.95. The summed E-state index contributed by atoms with van der Waals surface area (Å²) in [6.45, 7) is 4.39. The summed E-state index contributed by atoms with van der Waals surface area (Å²) >= 11 is 0. The van der Waals surface area contributed by atoms with Gasteiger partial charge in [-0.25, -0.2) is 4.68 Å². The molecule has 0 bridgehead atoms. The predicted octanol–water partition coefficient (Wildman–Crippen LogP) is 4.78. The van der Waals surface area contributed by atoms with E-state index in [2.05, 4.69) is 25.4 Å². The van der Waals surface area contributed by atoms with Crippen LogP contribution in [0.2, 0.25) is 0 Å². The molecule has 3 aromatic heterocycles. The first-order chi connectivity index (χ1) is 19.2. The van der Waals surface area contributed by atoms with Gasteiger partial charge in [-0.05, 0) is 79.4 Å². The van der Waals surface area contributed by atoms with Crippen LogP contribution in [0.25, 0.3) is 10.9 Å². The maximum absolute atomic E-state index is 13.8. The monoisotopic (exact) mass is 532 g/mol. The molecule has 39 heavy (non-hydrogen) atoms. The van der Waals surface area contributed by atoms with Gasteiger partial charge >= 0.3 is 0 Å². The number of hydrogen-bond acceptors (Lipinski definition) is 8. The van der Waals surface area contributed by atoms with Crippen LogP contribution in [0, 0.1) is 0 Å². The van der Waals surface area contributed by atoms with E-state index in [-0.39, 0.29) is 17.7 Å². The molecule has 206 valence electrons. The third kappa shape index (κ3) is 5.62. The summed E-state index contributed by atoms with van der Waals surface area (Å²) in [6.07, 6.45) is 9.33. The maximum atomic E-state index is 13.8. The first kappa shape index (κ1) is 25.8. The van der Waals surface area contributed by atoms with Crippen LogP contribution in [0.15, 0.2) is 51.9 Å². The Morgan fingerprint density at radius 2 is 2.05 bits per heavy atom. The van der Waals surface area contributed by atoms with Gasteiger partial charge in [0.2, 0.25) is 0 Å². The van der Waals surface area contributed by atoms with Gasteiger partial charge < -0.3 is 18.9 Å². The summed E-state index contributed by atoms with van der Waals surface area (Å²) < 4.78 is 19.6. The van der Waals surface area contributed by atoms with E-state index in [1.165, 1.54) is 6.42 Å². The molecule has 2 fully saturated rings. The van der Waals surface area contributed by atoms with Gasteiger partial charge in [-0.3, -0.25) is 9.69 Å². The van der Waals surface area contributed by atoms with Crippen molar-refractivity contribution in [3.63, 3.8) is 0 Å². The number of nitrogens with one attached hydrogen (secondary N) is 1. The minimum absolute atomic E-state index is 0.0607. The number of furan rings is 1. The minimum Gasteiger partial charge on any atom is -0.494 e. The number of pyridine rings is 1. The molecule has 10 heteroatoms. The second kappa shape index (κ2) is 11.7. The number of tetrazole rings is 1. The second-order valence-electron chi connectivity index (χ2n) is 10.6. The summed E-state index contributed by atoms with van der Waals surface area (Å²) in [5.41, 5.74) is 1.19. The molecule has 1 aliphatic carbocycles. The van der Waals surface area contributed by atoms with Gasteiger partial charge in [0.05, 0.1) is 31.6 Å². The van der Waals surface area contributed by atoms with E-state index in [4.69, 9.17) is 13.9 Å². The average Bonchev–Trinajstić information content (AvgIpc) is 3.74. The SMILES string of the molecule is CCOc1ccc2[nH]c(=O)c([C@H](c3nnnn3C3CCCCC3)N(Cc3ccco3)C[C@H]3CCCO3)cc2c1. The summed E-state index contributed by atoms with van der Waals surface area (Å²) in [4.78, 5) is 19.1. The Kier molecular flexibility index (Phi) is 7.74. The van der Waals surface area contributed by atoms with Gasteiger partial charge in [0.15, 0.2) is 5.82 Å². The number of rotatable bonds is 10. The molecular weight excluding hydrogens is 496 g/mol. The Labute approximate surface area is 227 Å². The number of nitrogens with zero attached hydrogens (tertiary/aromatic N) is 5. The third-order valence-corrected chi connectivity index (χ3v) is 7.90. The van der Waals surface area contributed by atoms with Crippen LogP contribution < -0.4 is 10.3 Å². The number of fused-ring (bicyclic) bond motifs is 1. The van der Waals surface area contributed by atoms with Crippen molar-refractivity contribution in [2.75, 3.05) is 19.8 Å². The lowest BCUT2D eigenvalue weighted by Gasteiger charge is -2.33. The Balaban J connectivity index is 1.49. The number of hydrogen-bond donors (Lipinski definition) is 1. The van der Waals surface area contributed by atoms with Crippen LogP contribution in [0.5, 0.6) is 5.75 Å². The highest BCUT2D eigenvalue weighted by molar-refractivity contribution is 5.80. The lowest BCUT2D eigenvalue weighted by molar-refractivity contribution is 0.0539. The minimum atomic E-state index is -0.500. The third-order valence-electron chi connectivity index (χ3n) is 7.90. The number of aromatic amines is 1. The van der Waals surface area contributed by atoms with Crippen molar-refractivity contribution in [1.29, 1.82) is 0 Å². The molecule has 2 aliphatic rings. The molecule has 0 radical (unpaired) electrons. The highest BCUT2D eigenvalue weighted by atomic mass is 16.5. The molecule has 1 saturated carbocycles. The molecule has 1 saturated heterocycles. The lowest BCUT2D eigenvalue weighted by Crippen LogP contribution is -2.39. The quantitative estimate of drug-likeness (QED) is 0.311. The van der Waals surface area contributed by atoms with Crippen LogP contribution in [0.1, 0.15) is 81.1 Å². The van der Waals surface area contributed by atoms with Gasteiger partial charge in [0.25, 0.3) is 5.56 Å². The van der Waals surface area contributed by atoms with Gasteiger partial charge in [0, 0.05) is 29.6 Å². The molecule has 4 heterocycles. The van der Waals surface area contributed by atoms with Crippen LogP contribution in [0.4, 0.5) is 0 Å². The van der Waals surface area contributed by atoms with Gasteiger partial charge in [-0.15, -0.1) is 5.10 Å².